The van der Waals surface area contributed by atoms with Crippen molar-refractivity contribution in [2.24, 2.45) is 0 Å². The van der Waals surface area contributed by atoms with Crippen molar-refractivity contribution in [2.75, 3.05) is 21.3 Å². The number of hydrogen-bond acceptors (Lipinski definition) is 6. The molecule has 0 aliphatic rings. The van der Waals surface area contributed by atoms with E-state index >= 15 is 0 Å². The molecule has 3 rings (SSSR count). The highest BCUT2D eigenvalue weighted by Crippen LogP contribution is 2.41. The van der Waals surface area contributed by atoms with Gasteiger partial charge in [0.2, 0.25) is 5.75 Å². The summed E-state index contributed by atoms with van der Waals surface area (Å²) < 4.78 is 21.2. The molecule has 0 amide bonds. The van der Waals surface area contributed by atoms with E-state index in [9.17, 15) is 9.90 Å². The van der Waals surface area contributed by atoms with Crippen molar-refractivity contribution in [2.45, 2.75) is 0 Å². The average molecular weight is 328 g/mol. The van der Waals surface area contributed by atoms with Crippen molar-refractivity contribution in [3.8, 4) is 34.1 Å². The quantitative estimate of drug-likeness (QED) is 0.741. The molecule has 0 spiro atoms. The molecule has 6 heteroatoms. The number of phenols is 1. The predicted octanol–water partition coefficient (Wildman–Crippen LogP) is 3.19. The maximum Gasteiger partial charge on any atom is 0.344 e. The fraction of sp³-hybridized carbons (Fsp3) is 0.167. The summed E-state index contributed by atoms with van der Waals surface area (Å²) in [6, 6.07) is 9.53. The molecule has 0 atom stereocenters. The molecule has 0 fully saturated rings. The van der Waals surface area contributed by atoms with Crippen LogP contribution in [0, 0.1) is 0 Å². The normalized spacial score (nSPS) is 10.6. The molecular weight excluding hydrogens is 312 g/mol. The minimum atomic E-state index is -0.498. The second-order valence-corrected chi connectivity index (χ2v) is 5.08. The summed E-state index contributed by atoms with van der Waals surface area (Å²) in [4.78, 5) is 12.3. The Labute approximate surface area is 137 Å². The van der Waals surface area contributed by atoms with Crippen LogP contribution in [-0.4, -0.2) is 26.4 Å². The fourth-order valence-corrected chi connectivity index (χ4v) is 2.55. The number of ether oxygens (including phenoxy) is 3. The molecule has 1 N–H and O–H groups in total. The van der Waals surface area contributed by atoms with E-state index in [4.69, 9.17) is 18.6 Å². The minimum Gasteiger partial charge on any atom is -0.508 e. The van der Waals surface area contributed by atoms with Gasteiger partial charge >= 0.3 is 5.63 Å². The molecule has 3 aromatic rings. The largest absolute Gasteiger partial charge is 0.508 e. The van der Waals surface area contributed by atoms with E-state index in [1.165, 1.54) is 33.5 Å². The molecule has 0 bridgehead atoms. The van der Waals surface area contributed by atoms with Gasteiger partial charge in [0, 0.05) is 5.39 Å². The highest BCUT2D eigenvalue weighted by atomic mass is 16.5. The van der Waals surface area contributed by atoms with E-state index in [0.717, 1.165) is 0 Å². The van der Waals surface area contributed by atoms with Crippen LogP contribution in [0.1, 0.15) is 0 Å². The Morgan fingerprint density at radius 1 is 0.917 bits per heavy atom. The zero-order valence-corrected chi connectivity index (χ0v) is 13.5. The van der Waals surface area contributed by atoms with E-state index in [2.05, 4.69) is 0 Å². The number of aromatic hydroxyl groups is 1. The Bertz CT molecular complexity index is 932. The van der Waals surface area contributed by atoms with E-state index in [1.807, 2.05) is 0 Å². The van der Waals surface area contributed by atoms with Gasteiger partial charge in [-0.1, -0.05) is 0 Å². The standard InChI is InChI=1S/C18H16O6/c1-21-15-8-10(9-16(22-2)17(15)23-3)13-7-11-6-12(19)4-5-14(11)24-18(13)20/h4-9,19H,1-3H3. The Morgan fingerprint density at radius 3 is 2.17 bits per heavy atom. The van der Waals surface area contributed by atoms with Gasteiger partial charge in [0.1, 0.15) is 11.3 Å². The topological polar surface area (TPSA) is 78.1 Å². The van der Waals surface area contributed by atoms with Crippen LogP contribution < -0.4 is 19.8 Å². The Kier molecular flexibility index (Phi) is 4.04. The van der Waals surface area contributed by atoms with Crippen LogP contribution in [0.4, 0.5) is 0 Å². The summed E-state index contributed by atoms with van der Waals surface area (Å²) in [5.74, 6) is 1.39. The number of fused-ring (bicyclic) bond motifs is 1. The van der Waals surface area contributed by atoms with Gasteiger partial charge in [0.05, 0.1) is 26.9 Å². The molecule has 0 saturated heterocycles. The molecule has 2 aromatic carbocycles. The zero-order chi connectivity index (χ0) is 17.3. The van der Waals surface area contributed by atoms with Crippen LogP contribution in [0.15, 0.2) is 45.6 Å². The first-order chi connectivity index (χ1) is 11.6. The van der Waals surface area contributed by atoms with Crippen molar-refractivity contribution in [3.63, 3.8) is 0 Å². The smallest absolute Gasteiger partial charge is 0.344 e. The molecule has 1 aromatic heterocycles. The third-order valence-electron chi connectivity index (χ3n) is 3.69. The molecule has 0 aliphatic heterocycles. The first-order valence-corrected chi connectivity index (χ1v) is 7.14. The number of methoxy groups -OCH3 is 3. The van der Waals surface area contributed by atoms with Crippen LogP contribution in [0.5, 0.6) is 23.0 Å². The maximum atomic E-state index is 12.3. The molecular formula is C18H16O6. The van der Waals surface area contributed by atoms with Crippen LogP contribution >= 0.6 is 0 Å². The van der Waals surface area contributed by atoms with E-state index in [1.54, 1.807) is 24.3 Å². The SMILES string of the molecule is COc1cc(-c2cc3cc(O)ccc3oc2=O)cc(OC)c1OC. The van der Waals surface area contributed by atoms with Gasteiger partial charge < -0.3 is 23.7 Å². The van der Waals surface area contributed by atoms with Gasteiger partial charge in [-0.05, 0) is 42.0 Å². The third kappa shape index (κ3) is 2.62. The summed E-state index contributed by atoms with van der Waals surface area (Å²) >= 11 is 0. The molecule has 6 nitrogen and oxygen atoms in total. The average Bonchev–Trinajstić information content (AvgIpc) is 2.60. The number of rotatable bonds is 4. The number of hydrogen-bond donors (Lipinski definition) is 1. The summed E-state index contributed by atoms with van der Waals surface area (Å²) in [7, 11) is 4.51. The Balaban J connectivity index is 2.26. The first-order valence-electron chi connectivity index (χ1n) is 7.14. The molecule has 0 saturated carbocycles. The van der Waals surface area contributed by atoms with Crippen molar-refractivity contribution < 1.29 is 23.7 Å². The molecule has 24 heavy (non-hydrogen) atoms. The highest BCUT2D eigenvalue weighted by molar-refractivity contribution is 5.83. The number of benzene rings is 2. The third-order valence-corrected chi connectivity index (χ3v) is 3.69. The predicted molar refractivity (Wildman–Crippen MR) is 89.2 cm³/mol. The Hall–Kier alpha value is -3.15. The minimum absolute atomic E-state index is 0.0900. The zero-order valence-electron chi connectivity index (χ0n) is 13.5. The molecule has 1 heterocycles. The van der Waals surface area contributed by atoms with Gasteiger partial charge in [-0.2, -0.15) is 0 Å². The van der Waals surface area contributed by atoms with Crippen molar-refractivity contribution in [3.05, 3.63) is 46.8 Å². The lowest BCUT2D eigenvalue weighted by Gasteiger charge is -2.14. The van der Waals surface area contributed by atoms with Gasteiger partial charge in [-0.15, -0.1) is 0 Å². The summed E-state index contributed by atoms with van der Waals surface area (Å²) in [6.07, 6.45) is 0. The van der Waals surface area contributed by atoms with Gasteiger partial charge in [-0.3, -0.25) is 0 Å². The van der Waals surface area contributed by atoms with E-state index < -0.39 is 5.63 Å². The maximum absolute atomic E-state index is 12.3. The molecule has 124 valence electrons. The molecule has 0 unspecified atom stereocenters. The van der Waals surface area contributed by atoms with Crippen molar-refractivity contribution >= 4 is 11.0 Å². The summed E-state index contributed by atoms with van der Waals surface area (Å²) in [5.41, 5.74) is 0.785. The van der Waals surface area contributed by atoms with Crippen molar-refractivity contribution in [1.82, 2.24) is 0 Å². The van der Waals surface area contributed by atoms with Crippen LogP contribution in [0.25, 0.3) is 22.1 Å². The fourth-order valence-electron chi connectivity index (χ4n) is 2.55. The van der Waals surface area contributed by atoms with Crippen LogP contribution in [0.3, 0.4) is 0 Å². The second-order valence-electron chi connectivity index (χ2n) is 5.08. The van der Waals surface area contributed by atoms with E-state index in [0.29, 0.717) is 39.3 Å². The van der Waals surface area contributed by atoms with Gasteiger partial charge in [-0.25, -0.2) is 4.79 Å². The highest BCUT2D eigenvalue weighted by Gasteiger charge is 2.17. The monoisotopic (exact) mass is 328 g/mol. The van der Waals surface area contributed by atoms with Gasteiger partial charge in [0.15, 0.2) is 11.5 Å². The van der Waals surface area contributed by atoms with Gasteiger partial charge in [0.25, 0.3) is 0 Å². The van der Waals surface area contributed by atoms with Crippen LogP contribution in [0.2, 0.25) is 0 Å². The summed E-state index contributed by atoms with van der Waals surface area (Å²) in [6.45, 7) is 0. The number of phenolic OH excluding ortho intramolecular Hbond substituents is 1. The lowest BCUT2D eigenvalue weighted by atomic mass is 10.0. The molecule has 0 radical (unpaired) electrons. The van der Waals surface area contributed by atoms with Crippen molar-refractivity contribution in [1.29, 1.82) is 0 Å². The van der Waals surface area contributed by atoms with E-state index in [-0.39, 0.29) is 5.75 Å². The summed E-state index contributed by atoms with van der Waals surface area (Å²) in [5, 5.41) is 10.2. The Morgan fingerprint density at radius 2 is 1.58 bits per heavy atom. The molecule has 0 aliphatic carbocycles. The lowest BCUT2D eigenvalue weighted by molar-refractivity contribution is 0.324. The first kappa shape index (κ1) is 15.7. The lowest BCUT2D eigenvalue weighted by Crippen LogP contribution is -2.04. The second kappa shape index (κ2) is 6.16. The van der Waals surface area contributed by atoms with Crippen LogP contribution in [-0.2, 0) is 0 Å².